The monoisotopic (exact) mass is 681 g/mol. The summed E-state index contributed by atoms with van der Waals surface area (Å²) < 4.78 is 67.6. The molecular formula is C27H40F4N7O7P. The third-order valence-electron chi connectivity index (χ3n) is 7.99. The number of carbonyl (C=O) groups is 1. The number of methoxy groups -OCH3 is 1. The number of phosphoric acid groups is 1. The number of likely N-dealkylation sites (tertiary alicyclic amines) is 1. The van der Waals surface area contributed by atoms with Crippen molar-refractivity contribution in [2.45, 2.75) is 76.6 Å². The minimum atomic E-state index is -5.19. The average Bonchev–Trinajstić information content (AvgIpc) is 3.21. The molecule has 1 saturated carbocycles. The molecule has 0 radical (unpaired) electrons. The Labute approximate surface area is 263 Å². The number of alkyl halides is 3. The van der Waals surface area contributed by atoms with E-state index in [4.69, 9.17) is 19.2 Å². The second-order valence-electron chi connectivity index (χ2n) is 11.1. The number of hydrogen-bond donors (Lipinski definition) is 5. The Bertz CT molecular complexity index is 1350. The third-order valence-corrected chi connectivity index (χ3v) is 8.44. The largest absolute Gasteiger partial charge is 0.542 e. The SMILES string of the molecule is CC[N+]1(COP(=O)(O)O)CCCC1CNc1nc(Nc2ccc(OC)c(F)c2)nc(NC2CCCCCC2)n1.O=C([O-])C(F)(F)F. The van der Waals surface area contributed by atoms with Gasteiger partial charge in [0.2, 0.25) is 17.8 Å². The molecule has 14 nitrogen and oxygen atoms in total. The van der Waals surface area contributed by atoms with Crippen LogP contribution in [-0.4, -0.2) is 86.9 Å². The number of aromatic nitrogens is 3. The molecule has 1 saturated heterocycles. The van der Waals surface area contributed by atoms with Gasteiger partial charge in [-0.2, -0.15) is 28.1 Å². The molecular weight excluding hydrogens is 641 g/mol. The number of hydrogen-bond acceptors (Lipinski definition) is 11. The maximum Gasteiger partial charge on any atom is 0.474 e. The predicted octanol–water partition coefficient (Wildman–Crippen LogP) is 3.67. The fraction of sp³-hybridized carbons (Fsp3) is 0.630. The third kappa shape index (κ3) is 11.5. The van der Waals surface area contributed by atoms with E-state index in [1.54, 1.807) is 6.07 Å². The zero-order chi connectivity index (χ0) is 34.0. The first-order valence-corrected chi connectivity index (χ1v) is 16.4. The zero-order valence-corrected chi connectivity index (χ0v) is 26.5. The summed E-state index contributed by atoms with van der Waals surface area (Å²) >= 11 is 0. The number of anilines is 4. The number of carboxylic acids is 1. The average molecular weight is 682 g/mol. The van der Waals surface area contributed by atoms with E-state index in [2.05, 4.69) is 30.9 Å². The Kier molecular flexibility index (Phi) is 13.3. The molecule has 2 heterocycles. The normalized spacial score (nSPS) is 20.7. The van der Waals surface area contributed by atoms with Gasteiger partial charge >= 0.3 is 14.0 Å². The van der Waals surface area contributed by atoms with Crippen molar-refractivity contribution in [2.75, 3.05) is 49.4 Å². The van der Waals surface area contributed by atoms with Gasteiger partial charge in [-0.3, -0.25) is 4.48 Å². The molecule has 2 aliphatic rings. The number of aliphatic carboxylic acids is 1. The molecule has 4 rings (SSSR count). The van der Waals surface area contributed by atoms with E-state index in [1.165, 1.54) is 32.1 Å². The molecule has 46 heavy (non-hydrogen) atoms. The molecule has 5 N–H and O–H groups in total. The highest BCUT2D eigenvalue weighted by molar-refractivity contribution is 7.46. The Balaban J connectivity index is 0.000000738. The lowest BCUT2D eigenvalue weighted by atomic mass is 10.1. The van der Waals surface area contributed by atoms with Gasteiger partial charge in [0.1, 0.15) is 12.0 Å². The predicted molar refractivity (Wildman–Crippen MR) is 157 cm³/mol. The fourth-order valence-corrected chi connectivity index (χ4v) is 5.91. The van der Waals surface area contributed by atoms with E-state index >= 15 is 0 Å². The lowest BCUT2D eigenvalue weighted by Crippen LogP contribution is -2.55. The van der Waals surface area contributed by atoms with Gasteiger partial charge in [-0.1, -0.05) is 25.7 Å². The van der Waals surface area contributed by atoms with Crippen LogP contribution in [0.3, 0.4) is 0 Å². The van der Waals surface area contributed by atoms with Crippen LogP contribution in [0.15, 0.2) is 18.2 Å². The van der Waals surface area contributed by atoms with E-state index < -0.39 is 25.8 Å². The van der Waals surface area contributed by atoms with Crippen molar-refractivity contribution in [3.05, 3.63) is 24.0 Å². The van der Waals surface area contributed by atoms with Gasteiger partial charge in [-0.25, -0.2) is 13.5 Å². The number of phosphoric ester groups is 1. The molecule has 0 bridgehead atoms. The van der Waals surface area contributed by atoms with Crippen LogP contribution in [0.2, 0.25) is 0 Å². The summed E-state index contributed by atoms with van der Waals surface area (Å²) in [7, 11) is -3.16. The molecule has 2 unspecified atom stereocenters. The summed E-state index contributed by atoms with van der Waals surface area (Å²) in [6, 6.07) is 4.86. The van der Waals surface area contributed by atoms with E-state index in [0.717, 1.165) is 45.1 Å². The van der Waals surface area contributed by atoms with Gasteiger partial charge < -0.3 is 40.4 Å². The van der Waals surface area contributed by atoms with Crippen molar-refractivity contribution in [3.63, 3.8) is 0 Å². The number of carbonyl (C=O) groups excluding carboxylic acids is 1. The van der Waals surface area contributed by atoms with E-state index in [1.807, 2.05) is 6.92 Å². The molecule has 258 valence electrons. The van der Waals surface area contributed by atoms with Gasteiger partial charge in [0.15, 0.2) is 18.3 Å². The number of benzene rings is 1. The quantitative estimate of drug-likeness (QED) is 0.0945. The highest BCUT2D eigenvalue weighted by Crippen LogP contribution is 2.39. The highest BCUT2D eigenvalue weighted by atomic mass is 31.2. The van der Waals surface area contributed by atoms with Gasteiger partial charge in [0.05, 0.1) is 26.7 Å². The van der Waals surface area contributed by atoms with Crippen molar-refractivity contribution < 1.29 is 55.6 Å². The van der Waals surface area contributed by atoms with Crippen molar-refractivity contribution in [2.24, 2.45) is 0 Å². The number of likely N-dealkylation sites (N-methyl/N-ethyl adjacent to an activating group) is 1. The second kappa shape index (κ2) is 16.5. The van der Waals surface area contributed by atoms with Crippen molar-refractivity contribution in [1.82, 2.24) is 15.0 Å². The molecule has 0 amide bonds. The topological polar surface area (TPSA) is 191 Å². The Hall–Kier alpha value is -3.31. The fourth-order valence-electron chi connectivity index (χ4n) is 5.53. The summed E-state index contributed by atoms with van der Waals surface area (Å²) in [5, 5.41) is 18.6. The van der Waals surface area contributed by atoms with Crippen LogP contribution in [0.1, 0.15) is 58.3 Å². The maximum absolute atomic E-state index is 14.3. The van der Waals surface area contributed by atoms with Crippen LogP contribution in [0, 0.1) is 5.82 Å². The van der Waals surface area contributed by atoms with Crippen LogP contribution >= 0.6 is 7.82 Å². The lowest BCUT2D eigenvalue weighted by molar-refractivity contribution is -0.950. The zero-order valence-electron chi connectivity index (χ0n) is 25.6. The van der Waals surface area contributed by atoms with Crippen molar-refractivity contribution >= 4 is 37.3 Å². The molecule has 2 aromatic rings. The number of nitrogens with zero attached hydrogens (tertiary/aromatic N) is 4. The molecule has 2 atom stereocenters. The summed E-state index contributed by atoms with van der Waals surface area (Å²) in [5.74, 6) is -2.31. The summed E-state index contributed by atoms with van der Waals surface area (Å²) in [5.41, 5.74) is 0.470. The van der Waals surface area contributed by atoms with Gasteiger partial charge in [0, 0.05) is 30.6 Å². The van der Waals surface area contributed by atoms with Crippen molar-refractivity contribution in [3.8, 4) is 5.75 Å². The first-order chi connectivity index (χ1) is 21.6. The Morgan fingerprint density at radius 1 is 1.07 bits per heavy atom. The first kappa shape index (κ1) is 37.2. The molecule has 1 aromatic carbocycles. The number of rotatable bonds is 12. The van der Waals surface area contributed by atoms with Crippen LogP contribution < -0.4 is 25.8 Å². The number of carboxylic acid groups (broad SMARTS) is 1. The Morgan fingerprint density at radius 2 is 1.70 bits per heavy atom. The summed E-state index contributed by atoms with van der Waals surface area (Å²) in [6.07, 6.45) is 3.44. The lowest BCUT2D eigenvalue weighted by Gasteiger charge is -2.38. The van der Waals surface area contributed by atoms with Crippen LogP contribution in [0.5, 0.6) is 5.75 Å². The standard InChI is InChI=1S/C25H39FN7O5P.C2HF3O2/c1-3-33(17-38-39(34,35)36)14-8-11-20(33)16-27-23-30-24(28-18-9-6-4-5-7-10-18)32-25(31-23)29-19-12-13-22(37-2)21(26)15-19;3-2(4,5)1(6)7/h12-13,15,18,20H,3-11,14,16-17H2,1-2H3,(H4-,27,28,29,30,31,32,34,35,36);(H,6,7). The molecule has 2 fully saturated rings. The summed E-state index contributed by atoms with van der Waals surface area (Å²) in [6.45, 7) is 3.86. The van der Waals surface area contributed by atoms with Gasteiger partial charge in [-0.05, 0) is 31.9 Å². The number of ether oxygens (including phenoxy) is 1. The smallest absolute Gasteiger partial charge is 0.474 e. The minimum Gasteiger partial charge on any atom is -0.542 e. The number of nitrogens with one attached hydrogen (secondary N) is 3. The first-order valence-electron chi connectivity index (χ1n) is 14.8. The maximum atomic E-state index is 14.3. The molecule has 1 aliphatic carbocycles. The van der Waals surface area contributed by atoms with Crippen LogP contribution in [0.25, 0.3) is 0 Å². The van der Waals surface area contributed by atoms with E-state index in [-0.39, 0.29) is 30.5 Å². The molecule has 1 aliphatic heterocycles. The molecule has 1 aromatic heterocycles. The number of halogens is 4. The van der Waals surface area contributed by atoms with E-state index in [0.29, 0.717) is 35.2 Å². The Morgan fingerprint density at radius 3 is 2.26 bits per heavy atom. The van der Waals surface area contributed by atoms with Crippen LogP contribution in [0.4, 0.5) is 41.1 Å². The minimum absolute atomic E-state index is 0.0590. The van der Waals surface area contributed by atoms with E-state index in [9.17, 15) is 31.9 Å². The van der Waals surface area contributed by atoms with Crippen LogP contribution in [-0.2, 0) is 13.9 Å². The highest BCUT2D eigenvalue weighted by Gasteiger charge is 2.42. The second-order valence-corrected chi connectivity index (χ2v) is 12.3. The van der Waals surface area contributed by atoms with Gasteiger partial charge in [-0.15, -0.1) is 0 Å². The molecule has 0 spiro atoms. The number of quaternary nitrogens is 1. The van der Waals surface area contributed by atoms with Crippen molar-refractivity contribution in [1.29, 1.82) is 0 Å². The molecule has 19 heteroatoms. The van der Waals surface area contributed by atoms with Gasteiger partial charge in [0.25, 0.3) is 0 Å². The summed E-state index contributed by atoms with van der Waals surface area (Å²) in [4.78, 5) is 41.0.